The Bertz CT molecular complexity index is 338. The second kappa shape index (κ2) is 6.44. The summed E-state index contributed by atoms with van der Waals surface area (Å²) in [7, 11) is 2.06. The molecule has 2 saturated heterocycles. The largest absolute Gasteiger partial charge is 0.377 e. The van der Waals surface area contributed by atoms with Crippen molar-refractivity contribution in [2.75, 3.05) is 26.7 Å². The third-order valence-corrected chi connectivity index (χ3v) is 4.68. The Hall–Kier alpha value is -0.610. The predicted molar refractivity (Wildman–Crippen MR) is 80.6 cm³/mol. The maximum Gasteiger partial charge on any atom is 0.237 e. The predicted octanol–water partition coefficient (Wildman–Crippen LogP) is 2.04. The van der Waals surface area contributed by atoms with Crippen LogP contribution in [0.1, 0.15) is 46.5 Å². The molecular weight excluding hydrogens is 252 g/mol. The van der Waals surface area contributed by atoms with E-state index in [9.17, 15) is 4.79 Å². The summed E-state index contributed by atoms with van der Waals surface area (Å²) >= 11 is 0. The van der Waals surface area contributed by atoms with Crippen molar-refractivity contribution in [1.29, 1.82) is 0 Å². The molecule has 0 aromatic heterocycles. The minimum absolute atomic E-state index is 0.0687. The van der Waals surface area contributed by atoms with E-state index in [0.29, 0.717) is 5.92 Å². The molecule has 0 saturated carbocycles. The van der Waals surface area contributed by atoms with E-state index in [1.54, 1.807) is 0 Å². The summed E-state index contributed by atoms with van der Waals surface area (Å²) in [5.74, 6) is 0.652. The van der Waals surface area contributed by atoms with E-state index in [0.717, 1.165) is 32.5 Å². The molecule has 0 unspecified atom stereocenters. The van der Waals surface area contributed by atoms with Crippen LogP contribution in [-0.4, -0.2) is 49.7 Å². The van der Waals surface area contributed by atoms with E-state index < -0.39 is 0 Å². The molecule has 0 spiro atoms. The Labute approximate surface area is 123 Å². The van der Waals surface area contributed by atoms with Gasteiger partial charge < -0.3 is 10.1 Å². The average molecular weight is 282 g/mol. The lowest BCUT2D eigenvalue weighted by molar-refractivity contribution is -0.127. The van der Waals surface area contributed by atoms with Crippen molar-refractivity contribution in [2.45, 2.75) is 58.6 Å². The number of rotatable bonds is 3. The highest BCUT2D eigenvalue weighted by molar-refractivity contribution is 5.81. The molecule has 2 aliphatic heterocycles. The van der Waals surface area contributed by atoms with Crippen LogP contribution in [0.25, 0.3) is 0 Å². The van der Waals surface area contributed by atoms with Crippen molar-refractivity contribution in [2.24, 2.45) is 11.3 Å². The first-order chi connectivity index (χ1) is 9.39. The first kappa shape index (κ1) is 15.8. The molecule has 3 atom stereocenters. The van der Waals surface area contributed by atoms with Crippen LogP contribution >= 0.6 is 0 Å². The molecule has 0 bridgehead atoms. The molecule has 2 aliphatic rings. The maximum atomic E-state index is 12.3. The highest BCUT2D eigenvalue weighted by Gasteiger charge is 2.37. The van der Waals surface area contributed by atoms with Gasteiger partial charge in [0.15, 0.2) is 0 Å². The van der Waals surface area contributed by atoms with Crippen LogP contribution in [0.3, 0.4) is 0 Å². The maximum absolute atomic E-state index is 12.3. The van der Waals surface area contributed by atoms with Gasteiger partial charge in [0.1, 0.15) is 0 Å². The van der Waals surface area contributed by atoms with Crippen LogP contribution in [0, 0.1) is 11.3 Å². The molecular formula is C16H30N2O2. The van der Waals surface area contributed by atoms with E-state index in [-0.39, 0.29) is 23.5 Å². The summed E-state index contributed by atoms with van der Waals surface area (Å²) in [6, 6.07) is 0.0687. The number of likely N-dealkylation sites (tertiary alicyclic amines) is 1. The van der Waals surface area contributed by atoms with Gasteiger partial charge in [-0.1, -0.05) is 27.2 Å². The van der Waals surface area contributed by atoms with Gasteiger partial charge in [0.25, 0.3) is 0 Å². The van der Waals surface area contributed by atoms with E-state index in [1.807, 2.05) is 0 Å². The van der Waals surface area contributed by atoms with Gasteiger partial charge in [-0.05, 0) is 38.3 Å². The van der Waals surface area contributed by atoms with Crippen LogP contribution in [-0.2, 0) is 9.53 Å². The highest BCUT2D eigenvalue weighted by atomic mass is 16.5. The van der Waals surface area contributed by atoms with Crippen molar-refractivity contribution < 1.29 is 9.53 Å². The molecule has 1 N–H and O–H groups in total. The number of ether oxygens (including phenoxy) is 1. The topological polar surface area (TPSA) is 41.6 Å². The molecule has 0 aromatic rings. The van der Waals surface area contributed by atoms with Gasteiger partial charge in [-0.2, -0.15) is 0 Å². The number of nitrogens with one attached hydrogen (secondary N) is 1. The van der Waals surface area contributed by atoms with E-state index in [2.05, 4.69) is 38.0 Å². The summed E-state index contributed by atoms with van der Waals surface area (Å²) in [6.45, 7) is 9.26. The number of carbonyl (C=O) groups is 1. The number of carbonyl (C=O) groups excluding carboxylic acids is 1. The van der Waals surface area contributed by atoms with Gasteiger partial charge in [-0.3, -0.25) is 9.69 Å². The Kier molecular flexibility index (Phi) is 5.08. The smallest absolute Gasteiger partial charge is 0.237 e. The monoisotopic (exact) mass is 282 g/mol. The number of nitrogens with zero attached hydrogens (tertiary/aromatic N) is 1. The fraction of sp³-hybridized carbons (Fsp3) is 0.938. The first-order valence-corrected chi connectivity index (χ1v) is 7.99. The number of hydrogen-bond donors (Lipinski definition) is 1. The summed E-state index contributed by atoms with van der Waals surface area (Å²) in [5, 5.41) is 3.17. The quantitative estimate of drug-likeness (QED) is 0.861. The molecule has 116 valence electrons. The number of piperidine rings is 1. The Morgan fingerprint density at radius 1 is 1.30 bits per heavy atom. The SMILES string of the molecule is CN1CCCC[C@H]1C(=O)NC[C@H]1CCO[C@@H]1C(C)(C)C. The molecule has 1 amide bonds. The fourth-order valence-corrected chi connectivity index (χ4v) is 3.56. The second-order valence-electron chi connectivity index (χ2n) is 7.44. The van der Waals surface area contributed by atoms with Crippen LogP contribution in [0.5, 0.6) is 0 Å². The molecule has 20 heavy (non-hydrogen) atoms. The second-order valence-corrected chi connectivity index (χ2v) is 7.44. The van der Waals surface area contributed by atoms with Crippen LogP contribution < -0.4 is 5.32 Å². The summed E-state index contributed by atoms with van der Waals surface area (Å²) in [5.41, 5.74) is 0.146. The Morgan fingerprint density at radius 2 is 2.05 bits per heavy atom. The molecule has 2 heterocycles. The third-order valence-electron chi connectivity index (χ3n) is 4.68. The number of hydrogen-bond acceptors (Lipinski definition) is 3. The van der Waals surface area contributed by atoms with E-state index in [1.165, 1.54) is 12.8 Å². The van der Waals surface area contributed by atoms with E-state index in [4.69, 9.17) is 4.74 Å². The Balaban J connectivity index is 1.83. The zero-order chi connectivity index (χ0) is 14.8. The van der Waals surface area contributed by atoms with Crippen LogP contribution in [0.15, 0.2) is 0 Å². The molecule has 0 aromatic carbocycles. The first-order valence-electron chi connectivity index (χ1n) is 7.99. The summed E-state index contributed by atoms with van der Waals surface area (Å²) in [4.78, 5) is 14.5. The number of likely N-dealkylation sites (N-methyl/N-ethyl adjacent to an activating group) is 1. The summed E-state index contributed by atoms with van der Waals surface area (Å²) in [6.07, 6.45) is 4.68. The molecule has 2 rings (SSSR count). The lowest BCUT2D eigenvalue weighted by Gasteiger charge is -2.33. The lowest BCUT2D eigenvalue weighted by Crippen LogP contribution is -2.49. The van der Waals surface area contributed by atoms with Crippen molar-refractivity contribution >= 4 is 5.91 Å². The fourth-order valence-electron chi connectivity index (χ4n) is 3.56. The standard InChI is InChI=1S/C16H30N2O2/c1-16(2,3)14-12(8-10-20-14)11-17-15(19)13-7-5-6-9-18(13)4/h12-14H,5-11H2,1-4H3,(H,17,19)/t12-,13+,14+/m1/s1. The van der Waals surface area contributed by atoms with Crippen molar-refractivity contribution in [3.05, 3.63) is 0 Å². The highest BCUT2D eigenvalue weighted by Crippen LogP contribution is 2.34. The molecule has 0 radical (unpaired) electrons. The Morgan fingerprint density at radius 3 is 2.70 bits per heavy atom. The summed E-state index contributed by atoms with van der Waals surface area (Å²) < 4.78 is 5.87. The van der Waals surface area contributed by atoms with Gasteiger partial charge in [-0.25, -0.2) is 0 Å². The minimum atomic E-state index is 0.0687. The molecule has 0 aliphatic carbocycles. The third kappa shape index (κ3) is 3.73. The normalized spacial score (nSPS) is 32.3. The van der Waals surface area contributed by atoms with Crippen LogP contribution in [0.4, 0.5) is 0 Å². The zero-order valence-electron chi connectivity index (χ0n) is 13.4. The molecule has 4 heteroatoms. The van der Waals surface area contributed by atoms with Crippen molar-refractivity contribution in [3.8, 4) is 0 Å². The minimum Gasteiger partial charge on any atom is -0.377 e. The average Bonchev–Trinajstić information content (AvgIpc) is 2.84. The number of amides is 1. The van der Waals surface area contributed by atoms with Gasteiger partial charge in [-0.15, -0.1) is 0 Å². The van der Waals surface area contributed by atoms with Crippen molar-refractivity contribution in [3.63, 3.8) is 0 Å². The van der Waals surface area contributed by atoms with Crippen LogP contribution in [0.2, 0.25) is 0 Å². The van der Waals surface area contributed by atoms with E-state index >= 15 is 0 Å². The van der Waals surface area contributed by atoms with Gasteiger partial charge >= 0.3 is 0 Å². The van der Waals surface area contributed by atoms with Gasteiger partial charge in [0.2, 0.25) is 5.91 Å². The zero-order valence-corrected chi connectivity index (χ0v) is 13.4. The van der Waals surface area contributed by atoms with Gasteiger partial charge in [0.05, 0.1) is 12.1 Å². The van der Waals surface area contributed by atoms with Gasteiger partial charge in [0, 0.05) is 19.1 Å². The molecule has 2 fully saturated rings. The molecule has 4 nitrogen and oxygen atoms in total. The van der Waals surface area contributed by atoms with Crippen molar-refractivity contribution in [1.82, 2.24) is 10.2 Å². The lowest BCUT2D eigenvalue weighted by atomic mass is 9.81.